The number of ketones is 1. The van der Waals surface area contributed by atoms with Crippen molar-refractivity contribution in [1.29, 1.82) is 0 Å². The highest BCUT2D eigenvalue weighted by Crippen LogP contribution is 2.30. The minimum absolute atomic E-state index is 0.0326. The smallest absolute Gasteiger partial charge is 0.333 e. The van der Waals surface area contributed by atoms with Crippen LogP contribution in [0.15, 0.2) is 39.9 Å². The van der Waals surface area contributed by atoms with Crippen LogP contribution in [0.2, 0.25) is 0 Å². The lowest BCUT2D eigenvalue weighted by Gasteiger charge is -2.16. The van der Waals surface area contributed by atoms with Crippen LogP contribution in [0.1, 0.15) is 28.8 Å². The van der Waals surface area contributed by atoms with Crippen molar-refractivity contribution in [2.45, 2.75) is 25.9 Å². The predicted octanol–water partition coefficient (Wildman–Crippen LogP) is -0.0506. The third-order valence-electron chi connectivity index (χ3n) is 4.70. The maximum Gasteiger partial charge on any atom is 0.333 e. The second-order valence-corrected chi connectivity index (χ2v) is 6.89. The summed E-state index contributed by atoms with van der Waals surface area (Å²) in [6.07, 6.45) is 1.39. The van der Waals surface area contributed by atoms with E-state index in [-0.39, 0.29) is 18.3 Å². The Labute approximate surface area is 170 Å². The van der Waals surface area contributed by atoms with Crippen LogP contribution < -0.4 is 17.0 Å². The monoisotopic (exact) mass is 415 g/mol. The Kier molecular flexibility index (Phi) is 6.14. The van der Waals surface area contributed by atoms with Crippen molar-refractivity contribution in [2.24, 2.45) is 5.92 Å². The van der Waals surface area contributed by atoms with Crippen molar-refractivity contribution in [3.05, 3.63) is 62.3 Å². The number of hydrogen-bond acceptors (Lipinski definition) is 8. The maximum atomic E-state index is 12.8. The molecule has 30 heavy (non-hydrogen) atoms. The number of Topliss-reactive ketones (excluding diaryl/α,β-unsaturated/α-hetero) is 1. The SMILES string of the molecule is COC(=O)Cn1c(=O)c(C(=O)COC(=O)C2CC2)c(N)n(Cc2ccccc2)c1=O. The molecule has 0 saturated heterocycles. The first-order chi connectivity index (χ1) is 14.3. The number of nitrogens with two attached hydrogens (primary N) is 1. The minimum atomic E-state index is -1.04. The lowest BCUT2D eigenvalue weighted by Crippen LogP contribution is -2.46. The number of hydrogen-bond donors (Lipinski definition) is 1. The van der Waals surface area contributed by atoms with Crippen molar-refractivity contribution in [2.75, 3.05) is 19.5 Å². The van der Waals surface area contributed by atoms with E-state index >= 15 is 0 Å². The first-order valence-electron chi connectivity index (χ1n) is 9.27. The molecule has 10 heteroatoms. The standard InChI is InChI=1S/C20H21N3O7/c1-29-15(25)10-23-18(26)16(14(24)11-30-19(27)13-7-8-13)17(21)22(20(23)28)9-12-5-3-2-4-6-12/h2-6,13H,7-11,21H2,1H3. The number of methoxy groups -OCH3 is 1. The van der Waals surface area contributed by atoms with Crippen molar-refractivity contribution >= 4 is 23.5 Å². The van der Waals surface area contributed by atoms with Gasteiger partial charge in [-0.3, -0.25) is 23.7 Å². The molecule has 1 heterocycles. The molecule has 1 aromatic carbocycles. The number of aromatic nitrogens is 2. The molecule has 158 valence electrons. The molecule has 0 bridgehead atoms. The molecule has 2 aromatic rings. The molecule has 3 rings (SSSR count). The summed E-state index contributed by atoms with van der Waals surface area (Å²) in [5.74, 6) is -2.80. The van der Waals surface area contributed by atoms with Crippen LogP contribution in [0.3, 0.4) is 0 Å². The number of carbonyl (C=O) groups excluding carboxylic acids is 3. The lowest BCUT2D eigenvalue weighted by atomic mass is 10.1. The summed E-state index contributed by atoms with van der Waals surface area (Å²) in [5.41, 5.74) is 4.28. The molecule has 0 atom stereocenters. The fourth-order valence-electron chi connectivity index (χ4n) is 2.87. The van der Waals surface area contributed by atoms with Crippen LogP contribution in [-0.2, 0) is 32.2 Å². The van der Waals surface area contributed by atoms with E-state index in [1.165, 1.54) is 0 Å². The first-order valence-corrected chi connectivity index (χ1v) is 9.27. The van der Waals surface area contributed by atoms with Crippen molar-refractivity contribution in [1.82, 2.24) is 9.13 Å². The molecule has 1 aromatic heterocycles. The zero-order chi connectivity index (χ0) is 21.8. The zero-order valence-corrected chi connectivity index (χ0v) is 16.3. The average Bonchev–Trinajstić information content (AvgIpc) is 3.58. The zero-order valence-electron chi connectivity index (χ0n) is 16.3. The van der Waals surface area contributed by atoms with Gasteiger partial charge in [-0.15, -0.1) is 0 Å². The molecule has 0 amide bonds. The molecule has 1 fully saturated rings. The van der Waals surface area contributed by atoms with E-state index in [4.69, 9.17) is 10.5 Å². The second-order valence-electron chi connectivity index (χ2n) is 6.89. The normalized spacial score (nSPS) is 13.0. The highest BCUT2D eigenvalue weighted by atomic mass is 16.5. The van der Waals surface area contributed by atoms with Gasteiger partial charge in [-0.1, -0.05) is 30.3 Å². The molecule has 2 N–H and O–H groups in total. The average molecular weight is 415 g/mol. The fraction of sp³-hybridized carbons (Fsp3) is 0.350. The number of esters is 2. The summed E-state index contributed by atoms with van der Waals surface area (Å²) < 4.78 is 11.1. The molecule has 1 aliphatic carbocycles. The van der Waals surface area contributed by atoms with E-state index in [2.05, 4.69) is 4.74 Å². The number of benzene rings is 1. The topological polar surface area (TPSA) is 140 Å². The Morgan fingerprint density at radius 3 is 2.37 bits per heavy atom. The molecule has 1 saturated carbocycles. The molecule has 1 aliphatic rings. The van der Waals surface area contributed by atoms with E-state index in [0.29, 0.717) is 23.0 Å². The number of anilines is 1. The van der Waals surface area contributed by atoms with Gasteiger partial charge in [0.2, 0.25) is 5.78 Å². The van der Waals surface area contributed by atoms with Crippen LogP contribution >= 0.6 is 0 Å². The van der Waals surface area contributed by atoms with Gasteiger partial charge in [-0.05, 0) is 18.4 Å². The van der Waals surface area contributed by atoms with Gasteiger partial charge in [0, 0.05) is 0 Å². The Hall–Kier alpha value is -3.69. The molecule has 0 spiro atoms. The second kappa shape index (κ2) is 8.76. The molecule has 10 nitrogen and oxygen atoms in total. The number of ether oxygens (including phenoxy) is 2. The maximum absolute atomic E-state index is 12.8. The van der Waals surface area contributed by atoms with E-state index in [1.54, 1.807) is 30.3 Å². The summed E-state index contributed by atoms with van der Waals surface area (Å²) in [7, 11) is 1.11. The van der Waals surface area contributed by atoms with Gasteiger partial charge in [-0.2, -0.15) is 0 Å². The van der Waals surface area contributed by atoms with Gasteiger partial charge < -0.3 is 15.2 Å². The lowest BCUT2D eigenvalue weighted by molar-refractivity contribution is -0.144. The molecular formula is C20H21N3O7. The van der Waals surface area contributed by atoms with Gasteiger partial charge in [0.05, 0.1) is 19.6 Å². The van der Waals surface area contributed by atoms with E-state index < -0.39 is 47.7 Å². The Balaban J connectivity index is 2.03. The Morgan fingerprint density at radius 1 is 1.10 bits per heavy atom. The van der Waals surface area contributed by atoms with Crippen molar-refractivity contribution in [3.8, 4) is 0 Å². The highest BCUT2D eigenvalue weighted by molar-refractivity contribution is 6.01. The molecule has 0 radical (unpaired) electrons. The molecular weight excluding hydrogens is 394 g/mol. The number of nitrogen functional groups attached to an aromatic ring is 1. The quantitative estimate of drug-likeness (QED) is 0.467. The van der Waals surface area contributed by atoms with Gasteiger partial charge in [0.15, 0.2) is 6.61 Å². The predicted molar refractivity (Wildman–Crippen MR) is 105 cm³/mol. The van der Waals surface area contributed by atoms with Gasteiger partial charge in [0.1, 0.15) is 17.9 Å². The highest BCUT2D eigenvalue weighted by Gasteiger charge is 2.32. The van der Waals surface area contributed by atoms with Gasteiger partial charge in [0.25, 0.3) is 5.56 Å². The fourth-order valence-corrected chi connectivity index (χ4v) is 2.87. The van der Waals surface area contributed by atoms with Crippen LogP contribution in [0, 0.1) is 5.92 Å². The summed E-state index contributed by atoms with van der Waals surface area (Å²) in [4.78, 5) is 61.7. The number of nitrogens with zero attached hydrogens (tertiary/aromatic N) is 2. The third kappa shape index (κ3) is 4.48. The van der Waals surface area contributed by atoms with Crippen LogP contribution in [0.25, 0.3) is 0 Å². The Morgan fingerprint density at radius 2 is 1.77 bits per heavy atom. The van der Waals surface area contributed by atoms with Crippen molar-refractivity contribution in [3.63, 3.8) is 0 Å². The number of carbonyl (C=O) groups is 3. The summed E-state index contributed by atoms with van der Waals surface area (Å²) in [5, 5.41) is 0. The first kappa shape index (κ1) is 21.0. The molecule has 0 unspecified atom stereocenters. The summed E-state index contributed by atoms with van der Waals surface area (Å²) >= 11 is 0. The minimum Gasteiger partial charge on any atom is -0.468 e. The van der Waals surface area contributed by atoms with Crippen LogP contribution in [0.5, 0.6) is 0 Å². The summed E-state index contributed by atoms with van der Waals surface area (Å²) in [6, 6.07) is 8.77. The Bertz CT molecular complexity index is 1100. The molecule has 0 aliphatic heterocycles. The largest absolute Gasteiger partial charge is 0.468 e. The van der Waals surface area contributed by atoms with Gasteiger partial charge in [-0.25, -0.2) is 9.36 Å². The van der Waals surface area contributed by atoms with E-state index in [9.17, 15) is 24.0 Å². The third-order valence-corrected chi connectivity index (χ3v) is 4.70. The van der Waals surface area contributed by atoms with E-state index in [1.807, 2.05) is 0 Å². The van der Waals surface area contributed by atoms with Crippen LogP contribution in [0.4, 0.5) is 5.82 Å². The summed E-state index contributed by atoms with van der Waals surface area (Å²) in [6.45, 7) is -1.41. The number of rotatable bonds is 8. The van der Waals surface area contributed by atoms with Crippen LogP contribution in [-0.4, -0.2) is 40.6 Å². The van der Waals surface area contributed by atoms with Gasteiger partial charge >= 0.3 is 17.6 Å². The van der Waals surface area contributed by atoms with Crippen molar-refractivity contribution < 1.29 is 23.9 Å². The van der Waals surface area contributed by atoms with E-state index in [0.717, 1.165) is 11.7 Å².